The molecule has 1 fully saturated rings. The Morgan fingerprint density at radius 3 is 2.33 bits per heavy atom. The Balaban J connectivity index is 2.56. The maximum absolute atomic E-state index is 9.56. The van der Waals surface area contributed by atoms with E-state index in [2.05, 4.69) is 0 Å². The molecule has 86 valence electrons. The Morgan fingerprint density at radius 2 is 1.87 bits per heavy atom. The van der Waals surface area contributed by atoms with E-state index >= 15 is 0 Å². The van der Waals surface area contributed by atoms with Crippen LogP contribution in [0.4, 0.5) is 0 Å². The van der Waals surface area contributed by atoms with Gasteiger partial charge >= 0.3 is 14.1 Å². The van der Waals surface area contributed by atoms with Crippen molar-refractivity contribution in [3.63, 3.8) is 0 Å². The molecule has 0 aromatic rings. The zero-order valence-corrected chi connectivity index (χ0v) is 9.50. The molecule has 1 aliphatic rings. The summed E-state index contributed by atoms with van der Waals surface area (Å²) in [6.45, 7) is 5.78. The molecule has 0 aliphatic carbocycles. The van der Waals surface area contributed by atoms with Crippen molar-refractivity contribution in [1.29, 1.82) is 0 Å². The molecule has 0 amide bonds. The van der Waals surface area contributed by atoms with Crippen LogP contribution < -0.4 is 0 Å². The first-order valence-corrected chi connectivity index (χ1v) is 5.53. The van der Waals surface area contributed by atoms with Crippen LogP contribution in [0.15, 0.2) is 0 Å². The fraction of sp³-hybridized carbons (Fsp3) is 1.00. The zero-order valence-electron chi connectivity index (χ0n) is 9.50. The molecule has 7 heteroatoms. The van der Waals surface area contributed by atoms with E-state index in [1.165, 1.54) is 0 Å². The van der Waals surface area contributed by atoms with Crippen LogP contribution in [0.1, 0.15) is 6.42 Å². The fourth-order valence-electron chi connectivity index (χ4n) is 2.13. The van der Waals surface area contributed by atoms with Crippen molar-refractivity contribution < 1.29 is 15.2 Å². The second-order valence-electron chi connectivity index (χ2n) is 4.16. The van der Waals surface area contributed by atoms with Crippen molar-refractivity contribution in [2.45, 2.75) is 26.1 Å². The Morgan fingerprint density at radius 1 is 1.20 bits per heavy atom. The van der Waals surface area contributed by atoms with Crippen molar-refractivity contribution in [3.8, 4) is 0 Å². The summed E-state index contributed by atoms with van der Waals surface area (Å²) in [7, 11) is -0.944. The molecule has 0 unspecified atom stereocenters. The third-order valence-corrected chi connectivity index (χ3v) is 3.03. The van der Waals surface area contributed by atoms with Crippen molar-refractivity contribution >= 4 is 14.1 Å². The highest BCUT2D eigenvalue weighted by Crippen LogP contribution is 2.14. The van der Waals surface area contributed by atoms with E-state index in [4.69, 9.17) is 5.11 Å². The van der Waals surface area contributed by atoms with Crippen LogP contribution in [0.2, 0.25) is 13.6 Å². The Bertz CT molecular complexity index is 195. The first-order valence-electron chi connectivity index (χ1n) is 5.53. The molecule has 0 spiro atoms. The Hall–Kier alpha value is -0.0701. The van der Waals surface area contributed by atoms with Gasteiger partial charge in [0.15, 0.2) is 0 Å². The van der Waals surface area contributed by atoms with Gasteiger partial charge in [-0.1, -0.05) is 0 Å². The highest BCUT2D eigenvalue weighted by molar-refractivity contribution is 6.46. The van der Waals surface area contributed by atoms with E-state index in [0.717, 1.165) is 13.1 Å². The quantitative estimate of drug-likeness (QED) is 0.501. The lowest BCUT2D eigenvalue weighted by Crippen LogP contribution is -2.60. The number of rotatable bonds is 4. The summed E-state index contributed by atoms with van der Waals surface area (Å²) in [6.07, 6.45) is 0.633. The van der Waals surface area contributed by atoms with E-state index < -0.39 is 14.1 Å². The molecular weight excluding hydrogens is 194 g/mol. The highest BCUT2D eigenvalue weighted by atomic mass is 16.3. The monoisotopic (exact) mass is 214 g/mol. The third kappa shape index (κ3) is 3.46. The number of hydrogen-bond acceptors (Lipinski definition) is 5. The van der Waals surface area contributed by atoms with Crippen molar-refractivity contribution in [3.05, 3.63) is 0 Å². The Kier molecular flexibility index (Phi) is 5.08. The summed E-state index contributed by atoms with van der Waals surface area (Å²) in [4.78, 5) is 3.92. The molecule has 0 bridgehead atoms. The highest BCUT2D eigenvalue weighted by Gasteiger charge is 2.33. The summed E-state index contributed by atoms with van der Waals surface area (Å²) in [5.41, 5.74) is 0. The largest absolute Gasteiger partial charge is 0.437 e. The molecule has 0 radical (unpaired) electrons. The zero-order chi connectivity index (χ0) is 11.4. The van der Waals surface area contributed by atoms with Crippen LogP contribution in [0.5, 0.6) is 0 Å². The average molecular weight is 214 g/mol. The van der Waals surface area contributed by atoms with Crippen molar-refractivity contribution in [2.24, 2.45) is 0 Å². The standard InChI is InChI=1S/C8H20B2N2O3/c1-9(14)11-4-5-12(10(2)15)8(7-11)3-6-13/h8,13-15H,3-7H2,1-2H3/t8-/m0/s1. The molecule has 0 aromatic carbocycles. The van der Waals surface area contributed by atoms with E-state index in [-0.39, 0.29) is 12.6 Å². The molecule has 15 heavy (non-hydrogen) atoms. The van der Waals surface area contributed by atoms with Gasteiger partial charge in [-0.3, -0.25) is 0 Å². The predicted molar refractivity (Wildman–Crippen MR) is 61.4 cm³/mol. The van der Waals surface area contributed by atoms with Gasteiger partial charge in [-0.25, -0.2) is 0 Å². The van der Waals surface area contributed by atoms with Gasteiger partial charge in [-0.05, 0) is 20.1 Å². The number of aliphatic hydroxyl groups excluding tert-OH is 1. The van der Waals surface area contributed by atoms with Gasteiger partial charge in [0.25, 0.3) is 0 Å². The minimum Gasteiger partial charge on any atom is -0.437 e. The fourth-order valence-corrected chi connectivity index (χ4v) is 2.13. The van der Waals surface area contributed by atoms with E-state index in [9.17, 15) is 10.0 Å². The number of aliphatic hydroxyl groups is 1. The van der Waals surface area contributed by atoms with Crippen LogP contribution >= 0.6 is 0 Å². The summed E-state index contributed by atoms with van der Waals surface area (Å²) in [5, 5.41) is 28.0. The van der Waals surface area contributed by atoms with Crippen LogP contribution in [0.3, 0.4) is 0 Å². The second kappa shape index (κ2) is 5.86. The lowest BCUT2D eigenvalue weighted by Gasteiger charge is -2.42. The predicted octanol–water partition coefficient (Wildman–Crippen LogP) is -1.42. The van der Waals surface area contributed by atoms with Gasteiger partial charge in [-0.2, -0.15) is 0 Å². The molecule has 0 saturated carbocycles. The van der Waals surface area contributed by atoms with E-state index in [0.29, 0.717) is 13.0 Å². The molecule has 3 N–H and O–H groups in total. The van der Waals surface area contributed by atoms with Gasteiger partial charge in [-0.15, -0.1) is 0 Å². The van der Waals surface area contributed by atoms with Gasteiger partial charge < -0.3 is 24.8 Å². The van der Waals surface area contributed by atoms with Crippen LogP contribution in [0, 0.1) is 0 Å². The number of nitrogens with zero attached hydrogens (tertiary/aromatic N) is 2. The number of piperazine rings is 1. The van der Waals surface area contributed by atoms with E-state index in [1.54, 1.807) is 13.6 Å². The van der Waals surface area contributed by atoms with Gasteiger partial charge in [0.05, 0.1) is 0 Å². The summed E-state index contributed by atoms with van der Waals surface area (Å²) < 4.78 is 0. The molecule has 1 atom stereocenters. The first kappa shape index (κ1) is 13.0. The van der Waals surface area contributed by atoms with Gasteiger partial charge in [0.1, 0.15) is 0 Å². The average Bonchev–Trinajstić information content (AvgIpc) is 2.17. The lowest BCUT2D eigenvalue weighted by molar-refractivity contribution is 0.138. The van der Waals surface area contributed by atoms with Crippen LogP contribution in [-0.2, 0) is 0 Å². The van der Waals surface area contributed by atoms with Gasteiger partial charge in [0, 0.05) is 32.3 Å². The molecule has 0 aromatic heterocycles. The maximum Gasteiger partial charge on any atom is 0.376 e. The molecule has 1 aliphatic heterocycles. The molecule has 5 nitrogen and oxygen atoms in total. The van der Waals surface area contributed by atoms with Crippen LogP contribution in [0.25, 0.3) is 0 Å². The van der Waals surface area contributed by atoms with Gasteiger partial charge in [0.2, 0.25) is 0 Å². The minimum atomic E-state index is -0.488. The molecule has 1 saturated heterocycles. The maximum atomic E-state index is 9.56. The van der Waals surface area contributed by atoms with Crippen molar-refractivity contribution in [1.82, 2.24) is 9.62 Å². The Labute approximate surface area is 92.0 Å². The van der Waals surface area contributed by atoms with Crippen molar-refractivity contribution in [2.75, 3.05) is 26.2 Å². The molecule has 1 rings (SSSR count). The topological polar surface area (TPSA) is 67.2 Å². The smallest absolute Gasteiger partial charge is 0.376 e. The molecule has 1 heterocycles. The van der Waals surface area contributed by atoms with Crippen LogP contribution in [-0.4, -0.2) is 71.2 Å². The molecular formula is C8H20B2N2O3. The third-order valence-electron chi connectivity index (χ3n) is 3.03. The summed E-state index contributed by atoms with van der Waals surface area (Å²) in [6, 6.07) is 0.123. The minimum absolute atomic E-state index is 0.113. The van der Waals surface area contributed by atoms with E-state index in [1.807, 2.05) is 9.62 Å². The second-order valence-corrected chi connectivity index (χ2v) is 4.16. The first-order chi connectivity index (χ1) is 7.06. The SMILES string of the molecule is CB(O)N1CCN(B(C)O)[C@@H](CCO)C1. The lowest BCUT2D eigenvalue weighted by atomic mass is 9.78. The summed E-state index contributed by atoms with van der Waals surface area (Å²) in [5.74, 6) is 0. The normalized spacial score (nSPS) is 24.2. The summed E-state index contributed by atoms with van der Waals surface area (Å²) >= 11 is 0. The number of hydrogen-bond donors (Lipinski definition) is 3.